The lowest BCUT2D eigenvalue weighted by molar-refractivity contribution is -0.376. The summed E-state index contributed by atoms with van der Waals surface area (Å²) in [5, 5.41) is 13.1. The Kier molecular flexibility index (Phi) is 14.5. The zero-order valence-corrected chi connectivity index (χ0v) is 29.5. The van der Waals surface area contributed by atoms with Crippen LogP contribution in [0, 0.1) is 0 Å². The van der Waals surface area contributed by atoms with Crippen LogP contribution in [0.5, 0.6) is 11.5 Å². The normalized spacial score (nSPS) is 17.5. The van der Waals surface area contributed by atoms with Crippen molar-refractivity contribution in [1.82, 2.24) is 10.2 Å². The molecule has 1 heterocycles. The molecule has 0 aliphatic carbocycles. The average Bonchev–Trinajstić information content (AvgIpc) is 3.03. The first-order valence-corrected chi connectivity index (χ1v) is 17.3. The van der Waals surface area contributed by atoms with Gasteiger partial charge in [-0.1, -0.05) is 63.8 Å². The van der Waals surface area contributed by atoms with Crippen molar-refractivity contribution < 1.29 is 50.5 Å². The van der Waals surface area contributed by atoms with Gasteiger partial charge in [-0.2, -0.15) is 26.3 Å². The Labute approximate surface area is 291 Å². The zero-order chi connectivity index (χ0) is 37.2. The van der Waals surface area contributed by atoms with Crippen LogP contribution in [0.1, 0.15) is 108 Å². The van der Waals surface area contributed by atoms with Gasteiger partial charge in [0.2, 0.25) is 0 Å². The Balaban J connectivity index is 1.72. The number of allylic oxidation sites excluding steroid dienone is 1. The van der Waals surface area contributed by atoms with Crippen LogP contribution in [0.3, 0.4) is 0 Å². The third-order valence-electron chi connectivity index (χ3n) is 8.46. The topological polar surface area (TPSA) is 80.3 Å². The number of unbranched alkanes of at least 4 members (excludes halogenated alkanes) is 5. The van der Waals surface area contributed by atoms with E-state index in [4.69, 9.17) is 14.2 Å². The molecular weight excluding hydrogens is 666 g/mol. The first-order valence-electron chi connectivity index (χ1n) is 17.3. The molecule has 2 aromatic carbocycles. The molecule has 0 bridgehead atoms. The van der Waals surface area contributed by atoms with Crippen LogP contribution >= 0.6 is 0 Å². The number of halogens is 6. The molecule has 1 saturated heterocycles. The van der Waals surface area contributed by atoms with Crippen molar-refractivity contribution in [1.29, 1.82) is 0 Å². The summed E-state index contributed by atoms with van der Waals surface area (Å²) < 4.78 is 101. The highest BCUT2D eigenvalue weighted by Gasteiger charge is 2.71. The molecule has 1 aliphatic heterocycles. The fourth-order valence-electron chi connectivity index (χ4n) is 5.67. The molecule has 0 spiro atoms. The summed E-state index contributed by atoms with van der Waals surface area (Å²) in [6.07, 6.45) is -3.02. The molecule has 0 aromatic heterocycles. The number of nitrogens with one attached hydrogen (secondary N) is 1. The first kappa shape index (κ1) is 41.0. The van der Waals surface area contributed by atoms with E-state index >= 15 is 0 Å². The fraction of sp³-hybridized carbons (Fsp3) is 0.595. The van der Waals surface area contributed by atoms with E-state index in [0.29, 0.717) is 38.0 Å². The van der Waals surface area contributed by atoms with Crippen molar-refractivity contribution in [2.24, 2.45) is 0 Å². The van der Waals surface area contributed by atoms with Gasteiger partial charge in [-0.15, -0.1) is 0 Å². The highest BCUT2D eigenvalue weighted by atomic mass is 19.4. The SMILES string of the molecule is CCCCCC/C=C/c1cc(C(O)(C(F)(F)F)C(F)(F)F)cc(CCC)c1OCCCCN1COC(C)(c2ccc(OC(C)C)cc2)NC1=O. The van der Waals surface area contributed by atoms with Gasteiger partial charge in [0, 0.05) is 23.2 Å². The van der Waals surface area contributed by atoms with Crippen molar-refractivity contribution in [2.45, 2.75) is 122 Å². The number of ether oxygens (including phenoxy) is 3. The summed E-state index contributed by atoms with van der Waals surface area (Å²) in [5.41, 5.74) is -6.49. The van der Waals surface area contributed by atoms with E-state index in [9.17, 15) is 36.2 Å². The van der Waals surface area contributed by atoms with Gasteiger partial charge in [0.15, 0.2) is 5.72 Å². The molecule has 13 heteroatoms. The fourth-order valence-corrected chi connectivity index (χ4v) is 5.67. The second-order valence-corrected chi connectivity index (χ2v) is 13.0. The predicted molar refractivity (Wildman–Crippen MR) is 180 cm³/mol. The van der Waals surface area contributed by atoms with Crippen molar-refractivity contribution >= 4 is 12.1 Å². The lowest BCUT2D eigenvalue weighted by Crippen LogP contribution is -2.58. The molecule has 1 atom stereocenters. The van der Waals surface area contributed by atoms with Gasteiger partial charge in [0.25, 0.3) is 5.60 Å². The van der Waals surface area contributed by atoms with Gasteiger partial charge in [-0.05, 0) is 82.7 Å². The minimum Gasteiger partial charge on any atom is -0.493 e. The maximum absolute atomic E-state index is 13.8. The molecule has 2 amide bonds. The second-order valence-electron chi connectivity index (χ2n) is 13.0. The number of benzene rings is 2. The summed E-state index contributed by atoms with van der Waals surface area (Å²) in [5.74, 6) is 0.873. The number of aryl methyl sites for hydroxylation is 1. The highest BCUT2D eigenvalue weighted by molar-refractivity contribution is 5.75. The molecule has 1 aliphatic rings. The van der Waals surface area contributed by atoms with E-state index in [1.165, 1.54) is 11.0 Å². The van der Waals surface area contributed by atoms with E-state index in [0.717, 1.165) is 43.4 Å². The number of carbonyl (C=O) groups excluding carboxylic acids is 1. The minimum atomic E-state index is -6.01. The van der Waals surface area contributed by atoms with Crippen LogP contribution in [-0.4, -0.2) is 54.4 Å². The van der Waals surface area contributed by atoms with Crippen molar-refractivity contribution in [3.63, 3.8) is 0 Å². The van der Waals surface area contributed by atoms with Crippen molar-refractivity contribution in [3.8, 4) is 11.5 Å². The van der Waals surface area contributed by atoms with Gasteiger partial charge in [-0.3, -0.25) is 0 Å². The maximum Gasteiger partial charge on any atom is 0.430 e. The van der Waals surface area contributed by atoms with Gasteiger partial charge < -0.3 is 29.5 Å². The van der Waals surface area contributed by atoms with Crippen LogP contribution in [0.15, 0.2) is 42.5 Å². The van der Waals surface area contributed by atoms with Gasteiger partial charge >= 0.3 is 18.4 Å². The smallest absolute Gasteiger partial charge is 0.430 e. The molecule has 2 aromatic rings. The Morgan fingerprint density at radius 1 is 0.980 bits per heavy atom. The van der Waals surface area contributed by atoms with Crippen molar-refractivity contribution in [2.75, 3.05) is 19.9 Å². The van der Waals surface area contributed by atoms with Crippen LogP contribution in [-0.2, 0) is 22.5 Å². The molecule has 3 rings (SSSR count). The number of hydrogen-bond donors (Lipinski definition) is 2. The average molecular weight is 717 g/mol. The summed E-state index contributed by atoms with van der Waals surface area (Å²) in [6, 6.07) is 8.41. The van der Waals surface area contributed by atoms with Crippen LogP contribution < -0.4 is 14.8 Å². The number of rotatable bonds is 18. The van der Waals surface area contributed by atoms with Gasteiger partial charge in [-0.25, -0.2) is 4.79 Å². The van der Waals surface area contributed by atoms with E-state index < -0.39 is 29.2 Å². The number of urea groups is 1. The number of carbonyl (C=O) groups is 1. The Morgan fingerprint density at radius 2 is 1.66 bits per heavy atom. The highest BCUT2D eigenvalue weighted by Crippen LogP contribution is 2.51. The minimum absolute atomic E-state index is 0.0204. The van der Waals surface area contributed by atoms with Crippen molar-refractivity contribution in [3.05, 3.63) is 64.7 Å². The van der Waals surface area contributed by atoms with Crippen LogP contribution in [0.2, 0.25) is 0 Å². The standard InChI is InChI=1S/C37H50F6N2O5/c1-6-8-9-10-11-12-16-28-24-30(35(47,36(38,39)40)37(41,42)43)23-27(15-7-2)32(28)48-22-14-13-21-45-25-49-34(5,44-33(45)46)29-17-19-31(20-18-29)50-26(3)4/h12,16-20,23-24,26,47H,6-11,13-15,21-22,25H2,1-5H3,(H,44,46)/b16-12+. The van der Waals surface area contributed by atoms with Gasteiger partial charge in [0.1, 0.15) is 18.2 Å². The van der Waals surface area contributed by atoms with E-state index in [-0.39, 0.29) is 48.8 Å². The number of amides is 2. The quantitative estimate of drug-likeness (QED) is 0.119. The molecule has 7 nitrogen and oxygen atoms in total. The molecule has 0 radical (unpaired) electrons. The summed E-state index contributed by atoms with van der Waals surface area (Å²) in [7, 11) is 0. The number of hydrogen-bond acceptors (Lipinski definition) is 5. The van der Waals surface area contributed by atoms with Crippen LogP contribution in [0.4, 0.5) is 31.1 Å². The summed E-state index contributed by atoms with van der Waals surface area (Å²) in [6.45, 7) is 9.85. The number of nitrogens with zero attached hydrogens (tertiary/aromatic N) is 1. The Morgan fingerprint density at radius 3 is 2.24 bits per heavy atom. The third kappa shape index (κ3) is 10.3. The van der Waals surface area contributed by atoms with E-state index in [2.05, 4.69) is 12.2 Å². The lowest BCUT2D eigenvalue weighted by atomic mass is 9.87. The molecular formula is C37H50F6N2O5. The first-order chi connectivity index (χ1) is 23.5. The largest absolute Gasteiger partial charge is 0.493 e. The summed E-state index contributed by atoms with van der Waals surface area (Å²) >= 11 is 0. The molecule has 1 fully saturated rings. The molecule has 0 saturated carbocycles. The van der Waals surface area contributed by atoms with E-state index in [1.807, 2.05) is 38.1 Å². The maximum atomic E-state index is 13.8. The Hall–Kier alpha value is -3.45. The molecule has 280 valence electrons. The molecule has 50 heavy (non-hydrogen) atoms. The monoisotopic (exact) mass is 716 g/mol. The predicted octanol–water partition coefficient (Wildman–Crippen LogP) is 9.75. The number of alkyl halides is 6. The third-order valence-corrected chi connectivity index (χ3v) is 8.46. The summed E-state index contributed by atoms with van der Waals surface area (Å²) in [4.78, 5) is 14.5. The van der Waals surface area contributed by atoms with Crippen LogP contribution in [0.25, 0.3) is 6.08 Å². The van der Waals surface area contributed by atoms with Gasteiger partial charge in [0.05, 0.1) is 12.7 Å². The second kappa shape index (κ2) is 17.7. The van der Waals surface area contributed by atoms with E-state index in [1.54, 1.807) is 19.9 Å². The Bertz CT molecular complexity index is 1400. The molecule has 2 N–H and O–H groups in total. The lowest BCUT2D eigenvalue weighted by Gasteiger charge is -2.40. The molecule has 1 unspecified atom stereocenters. The zero-order valence-electron chi connectivity index (χ0n) is 29.5. The number of aliphatic hydroxyl groups is 1.